The van der Waals surface area contributed by atoms with Gasteiger partial charge in [0.2, 0.25) is 0 Å². The van der Waals surface area contributed by atoms with Gasteiger partial charge < -0.3 is 15.1 Å². The molecule has 0 aliphatic heterocycles. The summed E-state index contributed by atoms with van der Waals surface area (Å²) < 4.78 is 0. The molecule has 0 aliphatic rings. The lowest BCUT2D eigenvalue weighted by molar-refractivity contribution is 0.282. The van der Waals surface area contributed by atoms with Crippen molar-refractivity contribution in [3.8, 4) is 0 Å². The zero-order valence-corrected chi connectivity index (χ0v) is 11.0. The lowest BCUT2D eigenvalue weighted by Crippen LogP contribution is -2.28. The van der Waals surface area contributed by atoms with Crippen LogP contribution in [0.5, 0.6) is 0 Å². The molecule has 0 heterocycles. The van der Waals surface area contributed by atoms with E-state index >= 15 is 0 Å². The SMILES string of the molecule is CCCCN(CCO)c1ccc(CO)cc1Cl. The normalized spacial score (nSPS) is 10.6. The van der Waals surface area contributed by atoms with E-state index in [-0.39, 0.29) is 13.2 Å². The molecule has 0 spiro atoms. The first-order valence-electron chi connectivity index (χ1n) is 5.98. The van der Waals surface area contributed by atoms with Crippen LogP contribution in [-0.4, -0.2) is 29.9 Å². The molecule has 1 rings (SSSR count). The summed E-state index contributed by atoms with van der Waals surface area (Å²) in [5.41, 5.74) is 1.73. The van der Waals surface area contributed by atoms with Crippen LogP contribution < -0.4 is 4.90 Å². The zero-order chi connectivity index (χ0) is 12.7. The Morgan fingerprint density at radius 3 is 2.53 bits per heavy atom. The number of aliphatic hydroxyl groups is 2. The van der Waals surface area contributed by atoms with Gasteiger partial charge in [-0.15, -0.1) is 0 Å². The fraction of sp³-hybridized carbons (Fsp3) is 0.538. The summed E-state index contributed by atoms with van der Waals surface area (Å²) >= 11 is 6.18. The molecule has 0 unspecified atom stereocenters. The topological polar surface area (TPSA) is 43.7 Å². The van der Waals surface area contributed by atoms with Crippen LogP contribution in [0.25, 0.3) is 0 Å². The maximum atomic E-state index is 9.06. The van der Waals surface area contributed by atoms with Gasteiger partial charge in [-0.1, -0.05) is 31.0 Å². The highest BCUT2D eigenvalue weighted by Gasteiger charge is 2.09. The molecule has 1 aromatic carbocycles. The van der Waals surface area contributed by atoms with Gasteiger partial charge in [-0.05, 0) is 24.1 Å². The minimum Gasteiger partial charge on any atom is -0.395 e. The van der Waals surface area contributed by atoms with Crippen LogP contribution in [0.1, 0.15) is 25.3 Å². The molecular weight excluding hydrogens is 238 g/mol. The first-order chi connectivity index (χ1) is 8.22. The summed E-state index contributed by atoms with van der Waals surface area (Å²) in [6.45, 7) is 3.71. The number of anilines is 1. The van der Waals surface area contributed by atoms with Gasteiger partial charge in [-0.2, -0.15) is 0 Å². The Bertz CT molecular complexity index is 344. The lowest BCUT2D eigenvalue weighted by atomic mass is 10.2. The van der Waals surface area contributed by atoms with Crippen LogP contribution in [0.4, 0.5) is 5.69 Å². The van der Waals surface area contributed by atoms with Gasteiger partial charge in [-0.3, -0.25) is 0 Å². The van der Waals surface area contributed by atoms with Crippen molar-refractivity contribution in [3.63, 3.8) is 0 Å². The van der Waals surface area contributed by atoms with Crippen molar-refractivity contribution in [3.05, 3.63) is 28.8 Å². The third kappa shape index (κ3) is 4.19. The summed E-state index contributed by atoms with van der Waals surface area (Å²) in [5, 5.41) is 18.7. The minimum absolute atomic E-state index is 0.00500. The van der Waals surface area contributed by atoms with Crippen LogP contribution in [-0.2, 0) is 6.61 Å². The highest BCUT2D eigenvalue weighted by molar-refractivity contribution is 6.33. The number of rotatable bonds is 7. The highest BCUT2D eigenvalue weighted by atomic mass is 35.5. The molecule has 0 saturated heterocycles. The van der Waals surface area contributed by atoms with E-state index in [1.165, 1.54) is 0 Å². The van der Waals surface area contributed by atoms with Crippen molar-refractivity contribution >= 4 is 17.3 Å². The second kappa shape index (κ2) is 7.54. The van der Waals surface area contributed by atoms with Crippen LogP contribution in [0.3, 0.4) is 0 Å². The molecule has 0 fully saturated rings. The Hall–Kier alpha value is -0.770. The van der Waals surface area contributed by atoms with E-state index in [1.54, 1.807) is 6.07 Å². The van der Waals surface area contributed by atoms with E-state index < -0.39 is 0 Å². The Morgan fingerprint density at radius 2 is 2.00 bits per heavy atom. The van der Waals surface area contributed by atoms with Gasteiger partial charge >= 0.3 is 0 Å². The van der Waals surface area contributed by atoms with Crippen LogP contribution in [0, 0.1) is 0 Å². The molecular formula is C13H20ClNO2. The van der Waals surface area contributed by atoms with Crippen molar-refractivity contribution in [2.24, 2.45) is 0 Å². The molecule has 4 heteroatoms. The highest BCUT2D eigenvalue weighted by Crippen LogP contribution is 2.27. The summed E-state index contributed by atoms with van der Waals surface area (Å²) in [6, 6.07) is 5.53. The summed E-state index contributed by atoms with van der Waals surface area (Å²) in [6.07, 6.45) is 2.17. The number of hydrogen-bond donors (Lipinski definition) is 2. The zero-order valence-electron chi connectivity index (χ0n) is 10.2. The van der Waals surface area contributed by atoms with Crippen molar-refractivity contribution in [2.75, 3.05) is 24.6 Å². The van der Waals surface area contributed by atoms with Gasteiger partial charge in [0, 0.05) is 13.1 Å². The predicted octanol–water partition coefficient (Wildman–Crippen LogP) is 2.43. The predicted molar refractivity (Wildman–Crippen MR) is 71.6 cm³/mol. The molecule has 0 bridgehead atoms. The lowest BCUT2D eigenvalue weighted by Gasteiger charge is -2.25. The Labute approximate surface area is 108 Å². The van der Waals surface area contributed by atoms with E-state index in [2.05, 4.69) is 11.8 Å². The van der Waals surface area contributed by atoms with E-state index in [9.17, 15) is 0 Å². The van der Waals surface area contributed by atoms with E-state index in [0.717, 1.165) is 30.6 Å². The Balaban J connectivity index is 2.85. The molecule has 17 heavy (non-hydrogen) atoms. The smallest absolute Gasteiger partial charge is 0.0682 e. The largest absolute Gasteiger partial charge is 0.395 e. The van der Waals surface area contributed by atoms with Gasteiger partial charge in [0.15, 0.2) is 0 Å². The summed E-state index contributed by atoms with van der Waals surface area (Å²) in [5.74, 6) is 0. The molecule has 1 aromatic rings. The number of aliphatic hydroxyl groups excluding tert-OH is 2. The van der Waals surface area contributed by atoms with Crippen molar-refractivity contribution in [2.45, 2.75) is 26.4 Å². The van der Waals surface area contributed by atoms with Crippen LogP contribution >= 0.6 is 11.6 Å². The number of unbranched alkanes of at least 4 members (excludes halogenated alkanes) is 1. The molecule has 0 aromatic heterocycles. The average molecular weight is 258 g/mol. The van der Waals surface area contributed by atoms with E-state index in [1.807, 2.05) is 12.1 Å². The molecule has 0 atom stereocenters. The van der Waals surface area contributed by atoms with Gasteiger partial charge in [0.05, 0.1) is 23.9 Å². The number of benzene rings is 1. The third-order valence-electron chi connectivity index (χ3n) is 2.69. The quantitative estimate of drug-likeness (QED) is 0.789. The van der Waals surface area contributed by atoms with Crippen LogP contribution in [0.2, 0.25) is 5.02 Å². The summed E-state index contributed by atoms with van der Waals surface area (Å²) in [7, 11) is 0. The van der Waals surface area contributed by atoms with E-state index in [4.69, 9.17) is 21.8 Å². The van der Waals surface area contributed by atoms with Crippen LogP contribution in [0.15, 0.2) is 18.2 Å². The maximum Gasteiger partial charge on any atom is 0.0682 e. The van der Waals surface area contributed by atoms with Gasteiger partial charge in [0.1, 0.15) is 0 Å². The van der Waals surface area contributed by atoms with Crippen molar-refractivity contribution < 1.29 is 10.2 Å². The van der Waals surface area contributed by atoms with Gasteiger partial charge in [-0.25, -0.2) is 0 Å². The molecule has 0 aliphatic carbocycles. The number of nitrogens with zero attached hydrogens (tertiary/aromatic N) is 1. The molecule has 0 saturated carbocycles. The fourth-order valence-corrected chi connectivity index (χ4v) is 2.05. The standard InChI is InChI=1S/C13H20ClNO2/c1-2-3-6-15(7-8-16)13-5-4-11(10-17)9-12(13)14/h4-5,9,16-17H,2-3,6-8,10H2,1H3. The second-order valence-corrected chi connectivity index (χ2v) is 4.42. The molecule has 3 nitrogen and oxygen atoms in total. The number of hydrogen-bond acceptors (Lipinski definition) is 3. The molecule has 0 amide bonds. The first kappa shape index (κ1) is 14.3. The second-order valence-electron chi connectivity index (χ2n) is 4.01. The van der Waals surface area contributed by atoms with Crippen molar-refractivity contribution in [1.82, 2.24) is 0 Å². The van der Waals surface area contributed by atoms with E-state index in [0.29, 0.717) is 11.6 Å². The third-order valence-corrected chi connectivity index (χ3v) is 2.99. The molecule has 96 valence electrons. The monoisotopic (exact) mass is 257 g/mol. The van der Waals surface area contributed by atoms with Gasteiger partial charge in [0.25, 0.3) is 0 Å². The molecule has 0 radical (unpaired) electrons. The summed E-state index contributed by atoms with van der Waals surface area (Å²) in [4.78, 5) is 2.08. The molecule has 2 N–H and O–H groups in total. The average Bonchev–Trinajstić information content (AvgIpc) is 2.34. The number of halogens is 1. The van der Waals surface area contributed by atoms with Crippen molar-refractivity contribution in [1.29, 1.82) is 0 Å². The fourth-order valence-electron chi connectivity index (χ4n) is 1.73. The maximum absolute atomic E-state index is 9.06. The first-order valence-corrected chi connectivity index (χ1v) is 6.35. The Morgan fingerprint density at radius 1 is 1.24 bits per heavy atom. The Kier molecular flexibility index (Phi) is 6.34. The minimum atomic E-state index is -0.00500.